The van der Waals surface area contributed by atoms with Crippen molar-refractivity contribution in [2.75, 3.05) is 6.54 Å². The number of nitrogens with zero attached hydrogens (tertiary/aromatic N) is 2. The van der Waals surface area contributed by atoms with E-state index in [4.69, 9.17) is 23.8 Å². The van der Waals surface area contributed by atoms with Crippen LogP contribution in [0.2, 0.25) is 5.02 Å². The third-order valence-corrected chi connectivity index (χ3v) is 2.51. The third-order valence-electron chi connectivity index (χ3n) is 1.95. The molecule has 2 N–H and O–H groups in total. The molecule has 1 aromatic carbocycles. The van der Waals surface area contributed by atoms with Gasteiger partial charge in [-0.3, -0.25) is 15.5 Å². The fraction of sp³-hybridized carbons (Fsp3) is 0.0909. The Bertz CT molecular complexity index is 533. The molecule has 0 bridgehead atoms. The highest BCUT2D eigenvalue weighted by Gasteiger charge is 2.11. The van der Waals surface area contributed by atoms with Crippen LogP contribution in [0.4, 0.5) is 5.69 Å². The van der Waals surface area contributed by atoms with Crippen LogP contribution in [0.15, 0.2) is 36.0 Å². The van der Waals surface area contributed by atoms with E-state index in [-0.39, 0.29) is 10.7 Å². The maximum absolute atomic E-state index is 10.7. The highest BCUT2D eigenvalue weighted by atomic mass is 35.5. The maximum atomic E-state index is 10.7. The van der Waals surface area contributed by atoms with Crippen LogP contribution in [0.5, 0.6) is 0 Å². The zero-order chi connectivity index (χ0) is 14.3. The van der Waals surface area contributed by atoms with E-state index in [0.29, 0.717) is 17.2 Å². The molecule has 0 fully saturated rings. The van der Waals surface area contributed by atoms with Crippen molar-refractivity contribution in [3.63, 3.8) is 0 Å². The second-order valence-electron chi connectivity index (χ2n) is 3.34. The minimum absolute atomic E-state index is 0.0817. The number of rotatable bonds is 5. The van der Waals surface area contributed by atoms with E-state index in [0.717, 1.165) is 0 Å². The van der Waals surface area contributed by atoms with Crippen molar-refractivity contribution in [2.24, 2.45) is 5.10 Å². The van der Waals surface area contributed by atoms with Gasteiger partial charge in [-0.2, -0.15) is 5.10 Å². The Balaban J connectivity index is 2.67. The molecule has 1 rings (SSSR count). The van der Waals surface area contributed by atoms with Gasteiger partial charge in [-0.15, -0.1) is 6.58 Å². The van der Waals surface area contributed by atoms with Gasteiger partial charge in [0.2, 0.25) is 0 Å². The van der Waals surface area contributed by atoms with Gasteiger partial charge >= 0.3 is 0 Å². The fourth-order valence-electron chi connectivity index (χ4n) is 1.12. The van der Waals surface area contributed by atoms with Gasteiger partial charge < -0.3 is 5.32 Å². The predicted molar refractivity (Wildman–Crippen MR) is 79.6 cm³/mol. The number of halogens is 1. The first kappa shape index (κ1) is 15.1. The van der Waals surface area contributed by atoms with E-state index in [9.17, 15) is 10.1 Å². The quantitative estimate of drug-likeness (QED) is 0.286. The number of hydrogen-bond acceptors (Lipinski definition) is 4. The van der Waals surface area contributed by atoms with Crippen LogP contribution < -0.4 is 10.7 Å². The van der Waals surface area contributed by atoms with Crippen molar-refractivity contribution in [3.05, 3.63) is 51.6 Å². The number of benzene rings is 1. The first-order chi connectivity index (χ1) is 9.04. The van der Waals surface area contributed by atoms with E-state index in [1.54, 1.807) is 12.1 Å². The zero-order valence-corrected chi connectivity index (χ0v) is 11.4. The lowest BCUT2D eigenvalue weighted by molar-refractivity contribution is -0.384. The summed E-state index contributed by atoms with van der Waals surface area (Å²) >= 11 is 10.6. The molecule has 19 heavy (non-hydrogen) atoms. The highest BCUT2D eigenvalue weighted by Crippen LogP contribution is 2.24. The molecule has 0 atom stereocenters. The molecule has 0 amide bonds. The van der Waals surface area contributed by atoms with Gasteiger partial charge in [-0.1, -0.05) is 23.7 Å². The summed E-state index contributed by atoms with van der Waals surface area (Å²) in [5.41, 5.74) is 2.94. The van der Waals surface area contributed by atoms with Crippen molar-refractivity contribution in [3.8, 4) is 0 Å². The first-order valence-electron chi connectivity index (χ1n) is 5.16. The molecule has 0 aliphatic rings. The normalized spacial score (nSPS) is 10.2. The van der Waals surface area contributed by atoms with Crippen LogP contribution in [0.25, 0.3) is 0 Å². The number of hydrazone groups is 1. The molecule has 1 aromatic rings. The molecule has 0 spiro atoms. The number of thiocarbonyl (C=S) groups is 1. The van der Waals surface area contributed by atoms with Gasteiger partial charge in [0, 0.05) is 18.2 Å². The molecule has 0 saturated carbocycles. The SMILES string of the molecule is C=CCNC(=S)NN=Cc1ccc(Cl)c([N+](=O)[O-])c1. The van der Waals surface area contributed by atoms with Crippen molar-refractivity contribution in [1.82, 2.24) is 10.7 Å². The van der Waals surface area contributed by atoms with Crippen molar-refractivity contribution >= 4 is 40.8 Å². The van der Waals surface area contributed by atoms with Crippen LogP contribution >= 0.6 is 23.8 Å². The van der Waals surface area contributed by atoms with Gasteiger partial charge in [0.15, 0.2) is 5.11 Å². The molecular weight excluding hydrogens is 288 g/mol. The van der Waals surface area contributed by atoms with E-state index in [1.807, 2.05) is 0 Å². The minimum atomic E-state index is -0.552. The average molecular weight is 299 g/mol. The van der Waals surface area contributed by atoms with Crippen LogP contribution in [0.3, 0.4) is 0 Å². The van der Waals surface area contributed by atoms with E-state index < -0.39 is 4.92 Å². The van der Waals surface area contributed by atoms with Crippen LogP contribution in [0, 0.1) is 10.1 Å². The largest absolute Gasteiger partial charge is 0.358 e. The smallest absolute Gasteiger partial charge is 0.288 e. The average Bonchev–Trinajstić information content (AvgIpc) is 2.38. The van der Waals surface area contributed by atoms with Crippen molar-refractivity contribution in [2.45, 2.75) is 0 Å². The summed E-state index contributed by atoms with van der Waals surface area (Å²) in [6.07, 6.45) is 3.06. The Morgan fingerprint density at radius 3 is 3.00 bits per heavy atom. The number of nitro benzene ring substituents is 1. The van der Waals surface area contributed by atoms with Gasteiger partial charge in [0.25, 0.3) is 5.69 Å². The summed E-state index contributed by atoms with van der Waals surface area (Å²) < 4.78 is 0. The number of hydrogen-bond donors (Lipinski definition) is 2. The predicted octanol–water partition coefficient (Wildman–Crippen LogP) is 2.23. The summed E-state index contributed by atoms with van der Waals surface area (Å²) in [5, 5.41) is 17.8. The Morgan fingerprint density at radius 2 is 2.37 bits per heavy atom. The highest BCUT2D eigenvalue weighted by molar-refractivity contribution is 7.80. The topological polar surface area (TPSA) is 79.6 Å². The van der Waals surface area contributed by atoms with Crippen molar-refractivity contribution in [1.29, 1.82) is 0 Å². The Morgan fingerprint density at radius 1 is 1.63 bits per heavy atom. The lowest BCUT2D eigenvalue weighted by atomic mass is 10.2. The molecule has 0 heterocycles. The second kappa shape index (κ2) is 7.45. The fourth-order valence-corrected chi connectivity index (χ4v) is 1.44. The molecule has 0 aliphatic heterocycles. The van der Waals surface area contributed by atoms with Gasteiger partial charge in [-0.25, -0.2) is 0 Å². The third kappa shape index (κ3) is 5.02. The molecule has 0 radical (unpaired) electrons. The molecule has 0 saturated heterocycles. The molecular formula is C11H11ClN4O2S. The molecule has 8 heteroatoms. The molecule has 0 unspecified atom stereocenters. The van der Waals surface area contributed by atoms with Gasteiger partial charge in [0.1, 0.15) is 5.02 Å². The zero-order valence-electron chi connectivity index (χ0n) is 9.80. The van der Waals surface area contributed by atoms with Crippen LogP contribution in [-0.4, -0.2) is 22.8 Å². The summed E-state index contributed by atoms with van der Waals surface area (Å²) in [6.45, 7) is 4.05. The van der Waals surface area contributed by atoms with Crippen molar-refractivity contribution < 1.29 is 4.92 Å². The monoisotopic (exact) mass is 298 g/mol. The summed E-state index contributed by atoms with van der Waals surface area (Å²) in [7, 11) is 0. The van der Waals surface area contributed by atoms with E-state index >= 15 is 0 Å². The van der Waals surface area contributed by atoms with Gasteiger partial charge in [0.05, 0.1) is 11.1 Å². The second-order valence-corrected chi connectivity index (χ2v) is 4.15. The Hall–Kier alpha value is -1.99. The first-order valence-corrected chi connectivity index (χ1v) is 5.95. The molecule has 0 aliphatic carbocycles. The van der Waals surface area contributed by atoms with Crippen LogP contribution in [0.1, 0.15) is 5.56 Å². The Kier molecular flexibility index (Phi) is 5.91. The van der Waals surface area contributed by atoms with Gasteiger partial charge in [-0.05, 0) is 18.3 Å². The maximum Gasteiger partial charge on any atom is 0.288 e. The molecule has 6 nitrogen and oxygen atoms in total. The number of nitrogens with one attached hydrogen (secondary N) is 2. The lowest BCUT2D eigenvalue weighted by Gasteiger charge is -2.03. The van der Waals surface area contributed by atoms with E-state index in [1.165, 1.54) is 18.3 Å². The standard InChI is InChI=1S/C11H11ClN4O2S/c1-2-5-13-11(19)15-14-7-8-3-4-9(12)10(6-8)16(17)18/h2-4,6-7H,1,5H2,(H2,13,15,19). The lowest BCUT2D eigenvalue weighted by Crippen LogP contribution is -2.31. The summed E-state index contributed by atoms with van der Waals surface area (Å²) in [6, 6.07) is 4.38. The molecule has 100 valence electrons. The van der Waals surface area contributed by atoms with E-state index in [2.05, 4.69) is 22.4 Å². The molecule has 0 aromatic heterocycles. The Labute approximate surface area is 120 Å². The summed E-state index contributed by atoms with van der Waals surface area (Å²) in [4.78, 5) is 10.1. The minimum Gasteiger partial charge on any atom is -0.358 e. The number of nitro groups is 1. The summed E-state index contributed by atoms with van der Waals surface area (Å²) in [5.74, 6) is 0. The van der Waals surface area contributed by atoms with Crippen LogP contribution in [-0.2, 0) is 0 Å².